The monoisotopic (exact) mass is 358 g/mol. The van der Waals surface area contributed by atoms with Crippen molar-refractivity contribution in [2.24, 2.45) is 0 Å². The Labute approximate surface area is 151 Å². The third kappa shape index (κ3) is 4.02. The van der Waals surface area contributed by atoms with Crippen molar-refractivity contribution in [3.8, 4) is 0 Å². The Morgan fingerprint density at radius 1 is 1.32 bits per heavy atom. The number of fused-ring (bicyclic) bond motifs is 1. The van der Waals surface area contributed by atoms with Gasteiger partial charge in [0.15, 0.2) is 0 Å². The Bertz CT molecular complexity index is 744. The molecule has 25 heavy (non-hydrogen) atoms. The van der Waals surface area contributed by atoms with Gasteiger partial charge in [0.2, 0.25) is 5.91 Å². The second kappa shape index (κ2) is 7.70. The maximum absolute atomic E-state index is 12.7. The minimum Gasteiger partial charge on any atom is -0.445 e. The van der Waals surface area contributed by atoms with Crippen LogP contribution in [0.4, 0.5) is 4.79 Å². The van der Waals surface area contributed by atoms with E-state index in [0.717, 1.165) is 12.0 Å². The quantitative estimate of drug-likeness (QED) is 0.910. The molecule has 0 saturated carbocycles. The highest BCUT2D eigenvalue weighted by Crippen LogP contribution is 2.33. The largest absolute Gasteiger partial charge is 0.445 e. The third-order valence-electron chi connectivity index (χ3n) is 4.48. The van der Waals surface area contributed by atoms with Crippen molar-refractivity contribution in [2.45, 2.75) is 39.0 Å². The van der Waals surface area contributed by atoms with Crippen molar-refractivity contribution in [2.75, 3.05) is 6.54 Å². The predicted molar refractivity (Wildman–Crippen MR) is 97.4 cm³/mol. The van der Waals surface area contributed by atoms with Gasteiger partial charge in [0.1, 0.15) is 12.6 Å². The molecule has 3 rings (SSSR count). The molecule has 0 saturated heterocycles. The number of benzene rings is 1. The van der Waals surface area contributed by atoms with Crippen LogP contribution in [0.5, 0.6) is 0 Å². The number of hydrogen-bond acceptors (Lipinski definition) is 4. The zero-order valence-electron chi connectivity index (χ0n) is 14.4. The molecule has 0 radical (unpaired) electrons. The first kappa shape index (κ1) is 17.5. The van der Waals surface area contributed by atoms with E-state index in [9.17, 15) is 9.59 Å². The van der Waals surface area contributed by atoms with Gasteiger partial charge in [-0.05, 0) is 42.8 Å². The van der Waals surface area contributed by atoms with E-state index in [0.29, 0.717) is 6.54 Å². The first-order chi connectivity index (χ1) is 12.1. The normalized spacial score (nSPS) is 17.5. The van der Waals surface area contributed by atoms with Gasteiger partial charge in [0, 0.05) is 11.4 Å². The van der Waals surface area contributed by atoms with Crippen molar-refractivity contribution in [1.29, 1.82) is 0 Å². The molecule has 1 aromatic heterocycles. The Morgan fingerprint density at radius 2 is 2.08 bits per heavy atom. The average Bonchev–Trinajstić information content (AvgIpc) is 3.10. The zero-order chi connectivity index (χ0) is 17.8. The molecule has 5 nitrogen and oxygen atoms in total. The minimum absolute atomic E-state index is 0.0343. The topological polar surface area (TPSA) is 58.6 Å². The maximum Gasteiger partial charge on any atom is 0.408 e. The van der Waals surface area contributed by atoms with Crippen molar-refractivity contribution in [1.82, 2.24) is 10.2 Å². The molecular formula is C19H22N2O3S. The van der Waals surface area contributed by atoms with Crippen LogP contribution in [0.2, 0.25) is 0 Å². The molecule has 1 aliphatic heterocycles. The lowest BCUT2D eigenvalue weighted by molar-refractivity contribution is -0.135. The summed E-state index contributed by atoms with van der Waals surface area (Å²) >= 11 is 1.74. The van der Waals surface area contributed by atoms with E-state index in [4.69, 9.17) is 4.74 Å². The van der Waals surface area contributed by atoms with Crippen molar-refractivity contribution in [3.63, 3.8) is 0 Å². The number of amides is 2. The lowest BCUT2D eigenvalue weighted by Gasteiger charge is -2.35. The summed E-state index contributed by atoms with van der Waals surface area (Å²) in [6.07, 6.45) is 0.291. The van der Waals surface area contributed by atoms with Crippen LogP contribution in [0.25, 0.3) is 0 Å². The summed E-state index contributed by atoms with van der Waals surface area (Å²) in [6, 6.07) is 10.9. The summed E-state index contributed by atoms with van der Waals surface area (Å²) in [5.74, 6) is -0.0824. The fourth-order valence-corrected chi connectivity index (χ4v) is 4.03. The SMILES string of the molecule is C[C@H](NC(=O)OCc1ccccc1)C(=O)N1CCc2sccc2[C@@H]1C. The molecule has 2 aromatic rings. The van der Waals surface area contributed by atoms with Crippen molar-refractivity contribution >= 4 is 23.3 Å². The fraction of sp³-hybridized carbons (Fsp3) is 0.368. The van der Waals surface area contributed by atoms with Crippen molar-refractivity contribution < 1.29 is 14.3 Å². The van der Waals surface area contributed by atoms with Gasteiger partial charge in [-0.1, -0.05) is 30.3 Å². The van der Waals surface area contributed by atoms with Gasteiger partial charge in [-0.15, -0.1) is 11.3 Å². The number of nitrogens with zero attached hydrogens (tertiary/aromatic N) is 1. The Kier molecular flexibility index (Phi) is 5.38. The van der Waals surface area contributed by atoms with E-state index < -0.39 is 12.1 Å². The molecule has 2 atom stereocenters. The lowest BCUT2D eigenvalue weighted by Crippen LogP contribution is -2.49. The predicted octanol–water partition coefficient (Wildman–Crippen LogP) is 3.51. The van der Waals surface area contributed by atoms with Crippen LogP contribution < -0.4 is 5.32 Å². The second-order valence-electron chi connectivity index (χ2n) is 6.18. The second-order valence-corrected chi connectivity index (χ2v) is 7.19. The number of rotatable bonds is 4. The van der Waals surface area contributed by atoms with Crippen LogP contribution >= 0.6 is 11.3 Å². The summed E-state index contributed by atoms with van der Waals surface area (Å²) in [5, 5.41) is 4.70. The van der Waals surface area contributed by atoms with Crippen molar-refractivity contribution in [3.05, 3.63) is 57.8 Å². The van der Waals surface area contributed by atoms with Gasteiger partial charge >= 0.3 is 6.09 Å². The number of thiophene rings is 1. The smallest absolute Gasteiger partial charge is 0.408 e. The zero-order valence-corrected chi connectivity index (χ0v) is 15.2. The van der Waals surface area contributed by atoms with Gasteiger partial charge in [0.05, 0.1) is 6.04 Å². The molecule has 2 heterocycles. The van der Waals surface area contributed by atoms with Crippen LogP contribution in [-0.4, -0.2) is 29.5 Å². The fourth-order valence-electron chi connectivity index (χ4n) is 3.06. The molecule has 132 valence electrons. The summed E-state index contributed by atoms with van der Waals surface area (Å²) in [7, 11) is 0. The third-order valence-corrected chi connectivity index (χ3v) is 5.47. The number of alkyl carbamates (subject to hydrolysis) is 1. The number of ether oxygens (including phenoxy) is 1. The highest BCUT2D eigenvalue weighted by atomic mass is 32.1. The number of nitrogens with one attached hydrogen (secondary N) is 1. The Morgan fingerprint density at radius 3 is 2.84 bits per heavy atom. The summed E-state index contributed by atoms with van der Waals surface area (Å²) in [6.45, 7) is 4.59. The lowest BCUT2D eigenvalue weighted by atomic mass is 10.0. The number of carbonyl (C=O) groups is 2. The van der Waals surface area contributed by atoms with Gasteiger partial charge in [-0.3, -0.25) is 4.79 Å². The minimum atomic E-state index is -0.620. The first-order valence-corrected chi connectivity index (χ1v) is 9.28. The van der Waals surface area contributed by atoms with Gasteiger partial charge in [-0.2, -0.15) is 0 Å². The molecule has 1 N–H and O–H groups in total. The molecule has 0 bridgehead atoms. The van der Waals surface area contributed by atoms with Crippen LogP contribution in [0.15, 0.2) is 41.8 Å². The van der Waals surface area contributed by atoms with Crippen LogP contribution in [-0.2, 0) is 22.6 Å². The van der Waals surface area contributed by atoms with Crippen LogP contribution in [0, 0.1) is 0 Å². The molecule has 1 aromatic carbocycles. The molecule has 0 fully saturated rings. The van der Waals surface area contributed by atoms with E-state index in [1.54, 1.807) is 18.3 Å². The summed E-state index contributed by atoms with van der Waals surface area (Å²) in [4.78, 5) is 27.8. The molecule has 1 aliphatic rings. The molecular weight excluding hydrogens is 336 g/mol. The summed E-state index contributed by atoms with van der Waals surface area (Å²) < 4.78 is 5.19. The van der Waals surface area contributed by atoms with E-state index in [-0.39, 0.29) is 18.6 Å². The molecule has 6 heteroatoms. The molecule has 0 aliphatic carbocycles. The number of hydrogen-bond donors (Lipinski definition) is 1. The molecule has 0 unspecified atom stereocenters. The molecule has 2 amide bonds. The van der Waals surface area contributed by atoms with E-state index in [1.165, 1.54) is 10.4 Å². The number of carbonyl (C=O) groups excluding carboxylic acids is 2. The highest BCUT2D eigenvalue weighted by molar-refractivity contribution is 7.10. The Hall–Kier alpha value is -2.34. The first-order valence-electron chi connectivity index (χ1n) is 8.40. The van der Waals surface area contributed by atoms with Crippen LogP contribution in [0.1, 0.15) is 35.9 Å². The van der Waals surface area contributed by atoms with E-state index in [1.807, 2.05) is 42.2 Å². The Balaban J connectivity index is 1.53. The van der Waals surface area contributed by atoms with E-state index in [2.05, 4.69) is 16.8 Å². The van der Waals surface area contributed by atoms with Gasteiger partial charge < -0.3 is 15.0 Å². The van der Waals surface area contributed by atoms with Gasteiger partial charge in [0.25, 0.3) is 0 Å². The summed E-state index contributed by atoms with van der Waals surface area (Å²) in [5.41, 5.74) is 2.12. The maximum atomic E-state index is 12.7. The van der Waals surface area contributed by atoms with Gasteiger partial charge in [-0.25, -0.2) is 4.79 Å². The standard InChI is InChI=1S/C19H22N2O3S/c1-13(20-19(23)24-12-15-6-4-3-5-7-15)18(22)21-10-8-17-16(14(21)2)9-11-25-17/h3-7,9,11,13-14H,8,10,12H2,1-2H3,(H,20,23)/t13-,14-/m0/s1. The highest BCUT2D eigenvalue weighted by Gasteiger charge is 2.31. The van der Waals surface area contributed by atoms with E-state index >= 15 is 0 Å². The van der Waals surface area contributed by atoms with Crippen LogP contribution in [0.3, 0.4) is 0 Å². The molecule has 0 spiro atoms. The average molecular weight is 358 g/mol.